The summed E-state index contributed by atoms with van der Waals surface area (Å²) in [5.74, 6) is -1.11. The molecule has 1 amide bonds. The van der Waals surface area contributed by atoms with Gasteiger partial charge in [0.15, 0.2) is 0 Å². The summed E-state index contributed by atoms with van der Waals surface area (Å²) < 4.78 is 115. The number of nitro groups is 1. The van der Waals surface area contributed by atoms with E-state index in [0.29, 0.717) is 24.1 Å². The van der Waals surface area contributed by atoms with E-state index in [4.69, 9.17) is 23.2 Å². The van der Waals surface area contributed by atoms with Gasteiger partial charge in [-0.3, -0.25) is 19.5 Å². The van der Waals surface area contributed by atoms with Crippen LogP contribution >= 0.6 is 23.2 Å². The maximum Gasteiger partial charge on any atom is 0.416 e. The number of nitrogens with zero attached hydrogens (tertiary/aromatic N) is 2. The number of alkyl halides is 6. The predicted molar refractivity (Wildman–Crippen MR) is 151 cm³/mol. The highest BCUT2D eigenvalue weighted by Crippen LogP contribution is 2.42. The lowest BCUT2D eigenvalue weighted by Gasteiger charge is -2.44. The van der Waals surface area contributed by atoms with Crippen molar-refractivity contribution in [3.05, 3.63) is 103 Å². The fraction of sp³-hybridized carbons (Fsp3) is 0.321. The number of piperidine rings is 1. The summed E-state index contributed by atoms with van der Waals surface area (Å²) in [6, 6.07) is 7.82. The molecule has 17 heteroatoms. The van der Waals surface area contributed by atoms with E-state index >= 15 is 0 Å². The number of benzene rings is 3. The van der Waals surface area contributed by atoms with Gasteiger partial charge in [-0.1, -0.05) is 29.3 Å². The molecule has 45 heavy (non-hydrogen) atoms. The van der Waals surface area contributed by atoms with Gasteiger partial charge in [-0.15, -0.1) is 0 Å². The zero-order chi connectivity index (χ0) is 33.5. The number of hydrogen-bond donors (Lipinski definition) is 1. The first-order valence-electron chi connectivity index (χ1n) is 13.0. The molecule has 1 atom stereocenters. The van der Waals surface area contributed by atoms with E-state index in [9.17, 15) is 54.2 Å². The number of hydrogen-bond acceptors (Lipinski definition) is 5. The Morgan fingerprint density at radius 2 is 1.58 bits per heavy atom. The van der Waals surface area contributed by atoms with Crippen LogP contribution < -0.4 is 0 Å². The Kier molecular flexibility index (Phi) is 9.51. The van der Waals surface area contributed by atoms with E-state index in [2.05, 4.69) is 0 Å². The summed E-state index contributed by atoms with van der Waals surface area (Å²) >= 11 is 12.3. The van der Waals surface area contributed by atoms with Crippen LogP contribution in [-0.4, -0.2) is 41.8 Å². The summed E-state index contributed by atoms with van der Waals surface area (Å²) in [6.45, 7) is -0.288. The second-order valence-electron chi connectivity index (χ2n) is 10.6. The molecule has 1 unspecified atom stereocenters. The normalized spacial score (nSPS) is 17.8. The lowest BCUT2D eigenvalue weighted by atomic mass is 9.70. The molecule has 0 saturated carbocycles. The SMILES string of the molecule is O=C(c1cc(C(F)(F)F)cc(C(F)(F)F)c1)N1CCCC(CCc2cc([N+](=O)[O-])ccc2S(=O)(=O)O)(c2ccc(Cl)c(Cl)c2)C1. The van der Waals surface area contributed by atoms with E-state index < -0.39 is 66.0 Å². The summed E-state index contributed by atoms with van der Waals surface area (Å²) in [6.07, 6.45) is -10.1. The van der Waals surface area contributed by atoms with Gasteiger partial charge in [0.25, 0.3) is 21.7 Å². The molecule has 0 bridgehead atoms. The number of amides is 1. The molecular formula is C28H22Cl2F6N2O6S. The quantitative estimate of drug-likeness (QED) is 0.116. The molecule has 1 aliphatic heterocycles. The zero-order valence-corrected chi connectivity index (χ0v) is 25.1. The van der Waals surface area contributed by atoms with Crippen LogP contribution in [0.5, 0.6) is 0 Å². The third kappa shape index (κ3) is 7.71. The molecule has 1 aliphatic rings. The van der Waals surface area contributed by atoms with Gasteiger partial charge in [-0.2, -0.15) is 34.8 Å². The van der Waals surface area contributed by atoms with Crippen LogP contribution in [-0.2, 0) is 34.3 Å². The van der Waals surface area contributed by atoms with Crippen molar-refractivity contribution in [3.8, 4) is 0 Å². The summed E-state index contributed by atoms with van der Waals surface area (Å²) in [7, 11) is -4.83. The van der Waals surface area contributed by atoms with Crippen molar-refractivity contribution < 1.29 is 49.0 Å². The summed E-state index contributed by atoms with van der Waals surface area (Å²) in [5.41, 5.74) is -5.40. The number of carbonyl (C=O) groups is 1. The molecule has 3 aromatic rings. The number of carbonyl (C=O) groups excluding carboxylic acids is 1. The summed E-state index contributed by atoms with van der Waals surface area (Å²) in [5, 5.41) is 11.6. The molecule has 0 aliphatic carbocycles. The van der Waals surface area contributed by atoms with Crippen LogP contribution in [0.1, 0.15) is 51.9 Å². The van der Waals surface area contributed by atoms with Gasteiger partial charge in [-0.25, -0.2) is 0 Å². The number of halogens is 8. The molecular weight excluding hydrogens is 677 g/mol. The van der Waals surface area contributed by atoms with Crippen molar-refractivity contribution >= 4 is 44.9 Å². The molecule has 242 valence electrons. The minimum Gasteiger partial charge on any atom is -0.338 e. The van der Waals surface area contributed by atoms with Crippen molar-refractivity contribution in [2.75, 3.05) is 13.1 Å². The molecule has 0 spiro atoms. The van der Waals surface area contributed by atoms with Crippen LogP contribution in [0.2, 0.25) is 10.0 Å². The molecule has 1 saturated heterocycles. The Morgan fingerprint density at radius 3 is 2.11 bits per heavy atom. The highest BCUT2D eigenvalue weighted by molar-refractivity contribution is 7.85. The Hall–Kier alpha value is -3.40. The first-order chi connectivity index (χ1) is 20.7. The fourth-order valence-electron chi connectivity index (χ4n) is 5.48. The van der Waals surface area contributed by atoms with E-state index in [-0.39, 0.29) is 54.0 Å². The molecule has 8 nitrogen and oxygen atoms in total. The van der Waals surface area contributed by atoms with Gasteiger partial charge in [0.2, 0.25) is 0 Å². The van der Waals surface area contributed by atoms with Gasteiger partial charge in [0, 0.05) is 36.2 Å². The van der Waals surface area contributed by atoms with Crippen molar-refractivity contribution in [1.82, 2.24) is 4.90 Å². The minimum absolute atomic E-state index is 0.0329. The highest BCUT2D eigenvalue weighted by atomic mass is 35.5. The van der Waals surface area contributed by atoms with Gasteiger partial charge in [-0.05, 0) is 73.2 Å². The van der Waals surface area contributed by atoms with Crippen molar-refractivity contribution in [1.29, 1.82) is 0 Å². The van der Waals surface area contributed by atoms with Crippen LogP contribution in [0.15, 0.2) is 59.5 Å². The predicted octanol–water partition coefficient (Wildman–Crippen LogP) is 7.99. The van der Waals surface area contributed by atoms with Crippen LogP contribution in [0.4, 0.5) is 32.0 Å². The Morgan fingerprint density at radius 1 is 0.956 bits per heavy atom. The Balaban J connectivity index is 1.79. The van der Waals surface area contributed by atoms with E-state index in [1.165, 1.54) is 12.1 Å². The number of non-ortho nitro benzene ring substituents is 1. The maximum absolute atomic E-state index is 13.5. The third-order valence-corrected chi connectivity index (χ3v) is 9.33. The largest absolute Gasteiger partial charge is 0.416 e. The first-order valence-corrected chi connectivity index (χ1v) is 15.2. The van der Waals surface area contributed by atoms with Crippen LogP contribution in [0.25, 0.3) is 0 Å². The van der Waals surface area contributed by atoms with E-state index in [0.717, 1.165) is 23.1 Å². The molecule has 0 radical (unpaired) electrons. The third-order valence-electron chi connectivity index (χ3n) is 7.64. The zero-order valence-electron chi connectivity index (χ0n) is 22.8. The first kappa shape index (κ1) is 34.5. The fourth-order valence-corrected chi connectivity index (χ4v) is 6.51. The minimum atomic E-state index is -5.18. The van der Waals surface area contributed by atoms with E-state index in [1.54, 1.807) is 6.07 Å². The lowest BCUT2D eigenvalue weighted by molar-refractivity contribution is -0.385. The van der Waals surface area contributed by atoms with Crippen molar-refractivity contribution in [3.63, 3.8) is 0 Å². The monoisotopic (exact) mass is 698 g/mol. The van der Waals surface area contributed by atoms with Crippen molar-refractivity contribution in [2.45, 2.75) is 48.3 Å². The summed E-state index contributed by atoms with van der Waals surface area (Å²) in [4.78, 5) is 24.7. The smallest absolute Gasteiger partial charge is 0.338 e. The average molecular weight is 699 g/mol. The van der Waals surface area contributed by atoms with Gasteiger partial charge in [0.1, 0.15) is 0 Å². The molecule has 1 fully saturated rings. The van der Waals surface area contributed by atoms with Gasteiger partial charge >= 0.3 is 12.4 Å². The van der Waals surface area contributed by atoms with Gasteiger partial charge in [0.05, 0.1) is 31.0 Å². The molecule has 3 aromatic carbocycles. The van der Waals surface area contributed by atoms with E-state index in [1.807, 2.05) is 0 Å². The number of aryl methyl sites for hydroxylation is 1. The highest BCUT2D eigenvalue weighted by Gasteiger charge is 2.41. The number of likely N-dealkylation sites (tertiary alicyclic amines) is 1. The Bertz CT molecular complexity index is 1730. The van der Waals surface area contributed by atoms with Crippen LogP contribution in [0.3, 0.4) is 0 Å². The lowest BCUT2D eigenvalue weighted by Crippen LogP contribution is -2.49. The molecule has 1 heterocycles. The number of rotatable bonds is 7. The molecule has 1 N–H and O–H groups in total. The average Bonchev–Trinajstić information content (AvgIpc) is 2.95. The molecule has 0 aromatic heterocycles. The Labute approximate surface area is 262 Å². The topological polar surface area (TPSA) is 118 Å². The van der Waals surface area contributed by atoms with Gasteiger partial charge < -0.3 is 4.90 Å². The number of nitro benzene ring substituents is 1. The molecule has 4 rings (SSSR count). The van der Waals surface area contributed by atoms with Crippen LogP contribution in [0, 0.1) is 10.1 Å². The second-order valence-corrected chi connectivity index (χ2v) is 12.8. The maximum atomic E-state index is 13.5. The van der Waals surface area contributed by atoms with Crippen molar-refractivity contribution in [2.24, 2.45) is 0 Å². The standard InChI is InChI=1S/C28H22Cl2F6N2O6S/c29-22-4-2-18(14-23(22)30)26(8-6-16-12-21(38(40)41)3-5-24(16)45(42,43)44)7-1-9-37(15-26)25(39)17-10-19(27(31,32)33)13-20(11-17)28(34,35)36/h2-5,10-14H,1,6-9,15H2,(H,42,43,44). The second kappa shape index (κ2) is 12.4.